The first kappa shape index (κ1) is 13.6. The van der Waals surface area contributed by atoms with E-state index in [0.717, 1.165) is 11.1 Å². The van der Waals surface area contributed by atoms with Crippen molar-refractivity contribution < 1.29 is 19.1 Å². The van der Waals surface area contributed by atoms with E-state index in [1.54, 1.807) is 13.8 Å². The molecule has 1 aliphatic carbocycles. The molecule has 102 valence electrons. The quantitative estimate of drug-likeness (QED) is 0.615. The molecule has 0 heterocycles. The molecule has 4 nitrogen and oxygen atoms in total. The van der Waals surface area contributed by atoms with E-state index < -0.39 is 17.4 Å². The molecule has 2 rings (SSSR count). The first-order valence-electron chi connectivity index (χ1n) is 6.59. The van der Waals surface area contributed by atoms with E-state index >= 15 is 0 Å². The lowest BCUT2D eigenvalue weighted by molar-refractivity contribution is -0.164. The first-order valence-corrected chi connectivity index (χ1v) is 6.59. The monoisotopic (exact) mass is 262 g/mol. The van der Waals surface area contributed by atoms with Crippen molar-refractivity contribution in [2.75, 3.05) is 13.2 Å². The van der Waals surface area contributed by atoms with Crippen molar-refractivity contribution in [1.29, 1.82) is 0 Å². The van der Waals surface area contributed by atoms with Gasteiger partial charge in [-0.15, -0.1) is 0 Å². The van der Waals surface area contributed by atoms with Gasteiger partial charge in [0.15, 0.2) is 5.41 Å². The van der Waals surface area contributed by atoms with Gasteiger partial charge < -0.3 is 9.47 Å². The first-order chi connectivity index (χ1) is 9.16. The summed E-state index contributed by atoms with van der Waals surface area (Å²) in [6.45, 7) is 3.97. The fourth-order valence-corrected chi connectivity index (χ4v) is 2.63. The average Bonchev–Trinajstić information content (AvgIpc) is 2.80. The van der Waals surface area contributed by atoms with Gasteiger partial charge in [-0.2, -0.15) is 0 Å². The van der Waals surface area contributed by atoms with E-state index in [2.05, 4.69) is 0 Å². The van der Waals surface area contributed by atoms with Crippen molar-refractivity contribution in [3.63, 3.8) is 0 Å². The zero-order chi connectivity index (χ0) is 13.9. The third-order valence-corrected chi connectivity index (χ3v) is 3.49. The Bertz CT molecular complexity index is 475. The highest BCUT2D eigenvalue weighted by Crippen LogP contribution is 2.41. The molecular weight excluding hydrogens is 244 g/mol. The van der Waals surface area contributed by atoms with E-state index in [0.29, 0.717) is 12.8 Å². The predicted molar refractivity (Wildman–Crippen MR) is 69.7 cm³/mol. The highest BCUT2D eigenvalue weighted by Gasteiger charge is 2.54. The highest BCUT2D eigenvalue weighted by atomic mass is 16.6. The van der Waals surface area contributed by atoms with Crippen LogP contribution in [-0.2, 0) is 30.9 Å². The number of benzene rings is 1. The molecule has 0 saturated carbocycles. The third kappa shape index (κ3) is 2.11. The molecule has 19 heavy (non-hydrogen) atoms. The number of ether oxygens (including phenoxy) is 2. The normalized spacial score (nSPS) is 15.7. The zero-order valence-corrected chi connectivity index (χ0v) is 11.3. The topological polar surface area (TPSA) is 52.6 Å². The number of fused-ring (bicyclic) bond motifs is 1. The molecule has 0 aromatic heterocycles. The van der Waals surface area contributed by atoms with Crippen LogP contribution < -0.4 is 0 Å². The second kappa shape index (κ2) is 5.43. The van der Waals surface area contributed by atoms with Crippen molar-refractivity contribution in [1.82, 2.24) is 0 Å². The fourth-order valence-electron chi connectivity index (χ4n) is 2.63. The minimum atomic E-state index is -1.28. The van der Waals surface area contributed by atoms with Gasteiger partial charge in [0.25, 0.3) is 0 Å². The van der Waals surface area contributed by atoms with Gasteiger partial charge in [0.2, 0.25) is 0 Å². The summed E-state index contributed by atoms with van der Waals surface area (Å²) in [6, 6.07) is 7.49. The Morgan fingerprint density at radius 3 is 2.26 bits per heavy atom. The van der Waals surface area contributed by atoms with Crippen molar-refractivity contribution in [3.05, 3.63) is 35.4 Å². The summed E-state index contributed by atoms with van der Waals surface area (Å²) in [5, 5.41) is 0. The van der Waals surface area contributed by atoms with Gasteiger partial charge >= 0.3 is 11.9 Å². The summed E-state index contributed by atoms with van der Waals surface area (Å²) in [6.07, 6.45) is 1.11. The van der Waals surface area contributed by atoms with Crippen LogP contribution in [0, 0.1) is 0 Å². The Balaban J connectivity index is 2.48. The lowest BCUT2D eigenvalue weighted by Gasteiger charge is -2.25. The second-order valence-corrected chi connectivity index (χ2v) is 4.50. The molecule has 0 spiro atoms. The second-order valence-electron chi connectivity index (χ2n) is 4.50. The maximum atomic E-state index is 12.3. The molecular formula is C15H18O4. The molecule has 0 amide bonds. The minimum Gasteiger partial charge on any atom is -0.465 e. The lowest BCUT2D eigenvalue weighted by atomic mass is 9.82. The van der Waals surface area contributed by atoms with Crippen LogP contribution >= 0.6 is 0 Å². The molecule has 0 fully saturated rings. The van der Waals surface area contributed by atoms with Gasteiger partial charge in [0, 0.05) is 0 Å². The standard InChI is InChI=1S/C15H18O4/c1-3-18-13(16)15(14(17)19-4-2)10-9-11-7-5-6-8-12(11)15/h5-8H,3-4,9-10H2,1-2H3. The van der Waals surface area contributed by atoms with Gasteiger partial charge in [-0.1, -0.05) is 24.3 Å². The van der Waals surface area contributed by atoms with Crippen molar-refractivity contribution in [2.24, 2.45) is 0 Å². The van der Waals surface area contributed by atoms with Crippen LogP contribution in [0.5, 0.6) is 0 Å². The van der Waals surface area contributed by atoms with Crippen LogP contribution in [0.1, 0.15) is 31.4 Å². The average molecular weight is 262 g/mol. The minimum absolute atomic E-state index is 0.252. The predicted octanol–water partition coefficient (Wildman–Crippen LogP) is 2.00. The fraction of sp³-hybridized carbons (Fsp3) is 0.467. The Labute approximate surface area is 112 Å². The van der Waals surface area contributed by atoms with Crippen LogP contribution in [0.2, 0.25) is 0 Å². The van der Waals surface area contributed by atoms with Crippen LogP contribution in [0.3, 0.4) is 0 Å². The summed E-state index contributed by atoms with van der Waals surface area (Å²) >= 11 is 0. The van der Waals surface area contributed by atoms with Gasteiger partial charge in [0.1, 0.15) is 0 Å². The van der Waals surface area contributed by atoms with Crippen molar-refractivity contribution in [3.8, 4) is 0 Å². The summed E-state index contributed by atoms with van der Waals surface area (Å²) in [5.41, 5.74) is 0.471. The summed E-state index contributed by atoms with van der Waals surface area (Å²) in [4.78, 5) is 24.6. The Morgan fingerprint density at radius 1 is 1.11 bits per heavy atom. The van der Waals surface area contributed by atoms with Crippen molar-refractivity contribution in [2.45, 2.75) is 32.1 Å². The molecule has 0 aliphatic heterocycles. The summed E-state index contributed by atoms with van der Waals surface area (Å²) in [5.74, 6) is -1.00. The van der Waals surface area contributed by atoms with E-state index in [4.69, 9.17) is 9.47 Å². The van der Waals surface area contributed by atoms with Crippen LogP contribution in [0.4, 0.5) is 0 Å². The number of hydrogen-bond acceptors (Lipinski definition) is 4. The lowest BCUT2D eigenvalue weighted by Crippen LogP contribution is -2.44. The van der Waals surface area contributed by atoms with E-state index in [1.165, 1.54) is 0 Å². The number of carbonyl (C=O) groups is 2. The molecule has 0 N–H and O–H groups in total. The van der Waals surface area contributed by atoms with Gasteiger partial charge in [-0.05, 0) is 37.8 Å². The molecule has 0 radical (unpaired) electrons. The number of hydrogen-bond donors (Lipinski definition) is 0. The van der Waals surface area contributed by atoms with Crippen LogP contribution in [0.15, 0.2) is 24.3 Å². The molecule has 0 atom stereocenters. The van der Waals surface area contributed by atoms with Crippen molar-refractivity contribution >= 4 is 11.9 Å². The molecule has 4 heteroatoms. The number of esters is 2. The van der Waals surface area contributed by atoms with E-state index in [9.17, 15) is 9.59 Å². The Morgan fingerprint density at radius 2 is 1.68 bits per heavy atom. The summed E-state index contributed by atoms with van der Waals surface area (Å²) in [7, 11) is 0. The Kier molecular flexibility index (Phi) is 3.88. The van der Waals surface area contributed by atoms with Crippen LogP contribution in [0.25, 0.3) is 0 Å². The number of carbonyl (C=O) groups excluding carboxylic acids is 2. The van der Waals surface area contributed by atoms with E-state index in [1.807, 2.05) is 24.3 Å². The van der Waals surface area contributed by atoms with Gasteiger partial charge in [-0.3, -0.25) is 9.59 Å². The third-order valence-electron chi connectivity index (χ3n) is 3.49. The number of rotatable bonds is 4. The Hall–Kier alpha value is -1.84. The maximum Gasteiger partial charge on any atom is 0.328 e. The van der Waals surface area contributed by atoms with E-state index in [-0.39, 0.29) is 13.2 Å². The molecule has 1 aliphatic rings. The molecule has 0 bridgehead atoms. The summed E-state index contributed by atoms with van der Waals surface area (Å²) < 4.78 is 10.2. The molecule has 0 unspecified atom stereocenters. The molecule has 1 aromatic rings. The smallest absolute Gasteiger partial charge is 0.328 e. The van der Waals surface area contributed by atoms with Gasteiger partial charge in [0.05, 0.1) is 13.2 Å². The molecule has 1 aromatic carbocycles. The largest absolute Gasteiger partial charge is 0.465 e. The zero-order valence-electron chi connectivity index (χ0n) is 11.3. The SMILES string of the molecule is CCOC(=O)C1(C(=O)OCC)CCc2ccccc21. The van der Waals surface area contributed by atoms with Crippen LogP contribution in [-0.4, -0.2) is 25.2 Å². The van der Waals surface area contributed by atoms with Gasteiger partial charge in [-0.25, -0.2) is 0 Å². The maximum absolute atomic E-state index is 12.3. The number of aryl methyl sites for hydroxylation is 1. The molecule has 0 saturated heterocycles. The highest BCUT2D eigenvalue weighted by molar-refractivity contribution is 6.07.